The molecule has 1 aromatic rings. The van der Waals surface area contributed by atoms with E-state index in [2.05, 4.69) is 0 Å². The molecule has 6 nitrogen and oxygen atoms in total. The lowest BCUT2D eigenvalue weighted by Gasteiger charge is -2.29. The molecule has 1 aliphatic heterocycles. The molecule has 0 aliphatic carbocycles. The van der Waals surface area contributed by atoms with Crippen LogP contribution in [0.25, 0.3) is 0 Å². The van der Waals surface area contributed by atoms with Crippen LogP contribution in [-0.2, 0) is 14.8 Å². The Hall–Kier alpha value is -0.570. The predicted octanol–water partition coefficient (Wildman–Crippen LogP) is 2.78. The molecule has 0 saturated carbocycles. The Morgan fingerprint density at radius 1 is 1.42 bits per heavy atom. The van der Waals surface area contributed by atoms with Crippen LogP contribution < -0.4 is 10.5 Å². The van der Waals surface area contributed by atoms with Crippen molar-refractivity contribution in [3.63, 3.8) is 0 Å². The van der Waals surface area contributed by atoms with Crippen molar-refractivity contribution in [1.82, 2.24) is 4.31 Å². The lowest BCUT2D eigenvalue weighted by atomic mass is 9.94. The summed E-state index contributed by atoms with van der Waals surface area (Å²) in [6.07, 6.45) is 0.917. The number of ether oxygens (including phenoxy) is 2. The van der Waals surface area contributed by atoms with Crippen LogP contribution in [0.5, 0.6) is 5.75 Å². The standard InChI is InChI=1S/C17H27ClN2O4S.ClH/c1-17(2,11-19)12-20(3)25(21,22)16-8-14(18)4-5-15(16)24-10-13-6-7-23-9-13;/h4-5,8,13H,6-7,9-12,19H2,1-3H3;1H. The first-order chi connectivity index (χ1) is 11.7. The second-order valence-corrected chi connectivity index (χ2v) is 9.71. The van der Waals surface area contributed by atoms with Gasteiger partial charge in [-0.3, -0.25) is 0 Å². The quantitative estimate of drug-likeness (QED) is 0.690. The Bertz CT molecular complexity index is 692. The second kappa shape index (κ2) is 9.57. The highest BCUT2D eigenvalue weighted by atomic mass is 35.5. The average molecular weight is 427 g/mol. The first-order valence-corrected chi connectivity index (χ1v) is 10.1. The molecule has 1 fully saturated rings. The monoisotopic (exact) mass is 426 g/mol. The van der Waals surface area contributed by atoms with Gasteiger partial charge in [0.1, 0.15) is 10.6 Å². The topological polar surface area (TPSA) is 81.9 Å². The van der Waals surface area contributed by atoms with Crippen LogP contribution in [-0.4, -0.2) is 52.7 Å². The van der Waals surface area contributed by atoms with Gasteiger partial charge < -0.3 is 15.2 Å². The van der Waals surface area contributed by atoms with Crippen molar-refractivity contribution in [1.29, 1.82) is 0 Å². The smallest absolute Gasteiger partial charge is 0.246 e. The molecule has 0 spiro atoms. The molecule has 2 rings (SSSR count). The van der Waals surface area contributed by atoms with Crippen LogP contribution in [0.3, 0.4) is 0 Å². The maximum atomic E-state index is 13.0. The maximum absolute atomic E-state index is 13.0. The molecule has 0 aromatic heterocycles. The molecule has 1 saturated heterocycles. The Morgan fingerprint density at radius 2 is 2.12 bits per heavy atom. The third-order valence-corrected chi connectivity index (χ3v) is 6.36. The molecule has 0 bridgehead atoms. The van der Waals surface area contributed by atoms with Gasteiger partial charge in [-0.25, -0.2) is 12.7 Å². The van der Waals surface area contributed by atoms with E-state index in [1.54, 1.807) is 19.2 Å². The van der Waals surface area contributed by atoms with Crippen LogP contribution in [0.2, 0.25) is 5.02 Å². The van der Waals surface area contributed by atoms with Crippen molar-refractivity contribution >= 4 is 34.0 Å². The lowest BCUT2D eigenvalue weighted by Crippen LogP contribution is -2.39. The van der Waals surface area contributed by atoms with Gasteiger partial charge >= 0.3 is 0 Å². The van der Waals surface area contributed by atoms with E-state index in [0.29, 0.717) is 37.1 Å². The van der Waals surface area contributed by atoms with Gasteiger partial charge in [0, 0.05) is 31.1 Å². The van der Waals surface area contributed by atoms with Gasteiger partial charge in [-0.15, -0.1) is 12.4 Å². The molecule has 1 heterocycles. The average Bonchev–Trinajstić information content (AvgIpc) is 3.06. The molecule has 150 valence electrons. The molecular weight excluding hydrogens is 399 g/mol. The van der Waals surface area contributed by atoms with Crippen molar-refractivity contribution in [2.24, 2.45) is 17.1 Å². The molecule has 2 N–H and O–H groups in total. The van der Waals surface area contributed by atoms with E-state index in [1.165, 1.54) is 10.4 Å². The Morgan fingerprint density at radius 3 is 2.69 bits per heavy atom. The fourth-order valence-corrected chi connectivity index (χ4v) is 4.39. The highest BCUT2D eigenvalue weighted by Gasteiger charge is 2.30. The van der Waals surface area contributed by atoms with Crippen LogP contribution in [0, 0.1) is 11.3 Å². The summed E-state index contributed by atoms with van der Waals surface area (Å²) in [5.74, 6) is 0.592. The van der Waals surface area contributed by atoms with Crippen molar-refractivity contribution in [3.05, 3.63) is 23.2 Å². The molecule has 0 radical (unpaired) electrons. The summed E-state index contributed by atoms with van der Waals surface area (Å²) < 4.78 is 38.5. The number of nitrogens with zero attached hydrogens (tertiary/aromatic N) is 1. The van der Waals surface area contributed by atoms with E-state index >= 15 is 0 Å². The maximum Gasteiger partial charge on any atom is 0.246 e. The fourth-order valence-electron chi connectivity index (χ4n) is 2.65. The van der Waals surface area contributed by atoms with Gasteiger partial charge in [-0.1, -0.05) is 25.4 Å². The van der Waals surface area contributed by atoms with Crippen molar-refractivity contribution in [3.8, 4) is 5.75 Å². The largest absolute Gasteiger partial charge is 0.492 e. The number of hydrogen-bond acceptors (Lipinski definition) is 5. The summed E-state index contributed by atoms with van der Waals surface area (Å²) in [6, 6.07) is 4.67. The van der Waals surface area contributed by atoms with Crippen LogP contribution in [0.15, 0.2) is 23.1 Å². The predicted molar refractivity (Wildman–Crippen MR) is 106 cm³/mol. The van der Waals surface area contributed by atoms with E-state index in [-0.39, 0.29) is 28.6 Å². The van der Waals surface area contributed by atoms with Crippen LogP contribution in [0.1, 0.15) is 20.3 Å². The number of nitrogens with two attached hydrogens (primary N) is 1. The molecule has 9 heteroatoms. The number of halogens is 2. The number of hydrogen-bond donors (Lipinski definition) is 1. The highest BCUT2D eigenvalue weighted by molar-refractivity contribution is 7.89. The summed E-state index contributed by atoms with van der Waals surface area (Å²) in [5, 5.41) is 0.349. The molecule has 0 amide bonds. The first-order valence-electron chi connectivity index (χ1n) is 8.32. The minimum atomic E-state index is -3.74. The molecular formula is C17H28Cl2N2O4S. The Kier molecular flexibility index (Phi) is 8.64. The Balaban J connectivity index is 0.00000338. The molecule has 1 aromatic carbocycles. The van der Waals surface area contributed by atoms with Crippen molar-refractivity contribution in [2.45, 2.75) is 25.2 Å². The van der Waals surface area contributed by atoms with Gasteiger partial charge in [0.25, 0.3) is 0 Å². The zero-order valence-corrected chi connectivity index (χ0v) is 17.8. The SMILES string of the molecule is CN(CC(C)(C)CN)S(=O)(=O)c1cc(Cl)ccc1OCC1CCOC1.Cl. The summed E-state index contributed by atoms with van der Waals surface area (Å²) in [4.78, 5) is 0.0780. The third kappa shape index (κ3) is 5.97. The second-order valence-electron chi connectivity index (χ2n) is 7.26. The van der Waals surface area contributed by atoms with E-state index in [4.69, 9.17) is 26.8 Å². The molecule has 26 heavy (non-hydrogen) atoms. The summed E-state index contributed by atoms with van der Waals surface area (Å²) >= 11 is 6.04. The van der Waals surface area contributed by atoms with Crippen molar-refractivity contribution < 1.29 is 17.9 Å². The van der Waals surface area contributed by atoms with E-state index < -0.39 is 10.0 Å². The fraction of sp³-hybridized carbons (Fsp3) is 0.647. The van der Waals surface area contributed by atoms with Gasteiger partial charge in [0.2, 0.25) is 10.0 Å². The zero-order chi connectivity index (χ0) is 18.7. The van der Waals surface area contributed by atoms with Crippen LogP contribution in [0.4, 0.5) is 0 Å². The molecule has 1 unspecified atom stereocenters. The van der Waals surface area contributed by atoms with Crippen LogP contribution >= 0.6 is 24.0 Å². The summed E-state index contributed by atoms with van der Waals surface area (Å²) in [7, 11) is -2.20. The number of sulfonamides is 1. The molecule has 1 aliphatic rings. The minimum Gasteiger partial charge on any atom is -0.492 e. The van der Waals surface area contributed by atoms with Crippen molar-refractivity contribution in [2.75, 3.05) is 40.0 Å². The van der Waals surface area contributed by atoms with Gasteiger partial charge in [0.05, 0.1) is 13.2 Å². The Labute approximate surface area is 167 Å². The highest BCUT2D eigenvalue weighted by Crippen LogP contribution is 2.31. The number of rotatable bonds is 8. The van der Waals surface area contributed by atoms with E-state index in [9.17, 15) is 8.42 Å². The van der Waals surface area contributed by atoms with Gasteiger partial charge in [0.15, 0.2) is 0 Å². The summed E-state index contributed by atoms with van der Waals surface area (Å²) in [6.45, 7) is 6.31. The normalized spacial score (nSPS) is 18.0. The minimum absolute atomic E-state index is 0. The summed E-state index contributed by atoms with van der Waals surface area (Å²) in [5.41, 5.74) is 5.40. The van der Waals surface area contributed by atoms with Gasteiger partial charge in [-0.05, 0) is 36.6 Å². The lowest BCUT2D eigenvalue weighted by molar-refractivity contribution is 0.166. The molecule has 1 atom stereocenters. The van der Waals surface area contributed by atoms with E-state index in [1.807, 2.05) is 13.8 Å². The first kappa shape index (κ1) is 23.5. The number of benzene rings is 1. The van der Waals surface area contributed by atoms with E-state index in [0.717, 1.165) is 13.0 Å². The zero-order valence-electron chi connectivity index (χ0n) is 15.4. The third-order valence-electron chi connectivity index (χ3n) is 4.30. The van der Waals surface area contributed by atoms with Gasteiger partial charge in [-0.2, -0.15) is 0 Å².